The number of nitrogens with zero attached hydrogens (tertiary/aromatic N) is 1. The van der Waals surface area contributed by atoms with Gasteiger partial charge in [0.2, 0.25) is 5.78 Å². The van der Waals surface area contributed by atoms with Crippen molar-refractivity contribution in [1.82, 2.24) is 15.0 Å². The summed E-state index contributed by atoms with van der Waals surface area (Å²) in [4.78, 5) is 24.2. The fourth-order valence-corrected chi connectivity index (χ4v) is 4.48. The summed E-state index contributed by atoms with van der Waals surface area (Å²) in [5.74, 6) is -3.26. The molecule has 3 heterocycles. The van der Waals surface area contributed by atoms with E-state index in [1.165, 1.54) is 30.5 Å². The number of carbonyl (C=O) groups is 1. The molecule has 0 aliphatic carbocycles. The van der Waals surface area contributed by atoms with Crippen molar-refractivity contribution in [2.24, 2.45) is 0 Å². The van der Waals surface area contributed by atoms with Crippen molar-refractivity contribution in [2.75, 3.05) is 4.72 Å². The van der Waals surface area contributed by atoms with Gasteiger partial charge in [0.25, 0.3) is 0 Å². The van der Waals surface area contributed by atoms with Crippen LogP contribution in [0.1, 0.15) is 28.5 Å². The predicted octanol–water partition coefficient (Wildman–Crippen LogP) is 6.89. The Morgan fingerprint density at radius 1 is 1.03 bits per heavy atom. The van der Waals surface area contributed by atoms with E-state index in [1.807, 2.05) is 19.2 Å². The number of ketones is 1. The van der Waals surface area contributed by atoms with Gasteiger partial charge in [-0.25, -0.2) is 18.2 Å². The Morgan fingerprint density at radius 2 is 1.89 bits per heavy atom. The first-order chi connectivity index (χ1) is 16.9. The number of fused-ring (bicyclic) bond motifs is 1. The summed E-state index contributed by atoms with van der Waals surface area (Å²) < 4.78 is 46.2. The molecule has 0 fully saturated rings. The topological polar surface area (TPSA) is 73.6 Å². The summed E-state index contributed by atoms with van der Waals surface area (Å²) in [6.07, 6.45) is 5.76. The lowest BCUT2D eigenvalue weighted by molar-refractivity contribution is 0.103. The molecule has 0 unspecified atom stereocenters. The third kappa shape index (κ3) is 4.42. The van der Waals surface area contributed by atoms with Crippen molar-refractivity contribution < 1.29 is 18.0 Å². The van der Waals surface area contributed by atoms with E-state index in [-0.39, 0.29) is 11.3 Å². The number of nitrogens with one attached hydrogen (secondary N) is 3. The number of aromatic amines is 2. The van der Waals surface area contributed by atoms with Crippen molar-refractivity contribution in [2.45, 2.75) is 18.2 Å². The highest BCUT2D eigenvalue weighted by molar-refractivity contribution is 8.00. The van der Waals surface area contributed by atoms with Crippen LogP contribution in [0.4, 0.5) is 18.9 Å². The van der Waals surface area contributed by atoms with Crippen molar-refractivity contribution in [1.29, 1.82) is 0 Å². The molecule has 9 heteroatoms. The third-order valence-corrected chi connectivity index (χ3v) is 6.44. The molecule has 0 bridgehead atoms. The fourth-order valence-electron chi connectivity index (χ4n) is 3.78. The molecule has 0 spiro atoms. The zero-order chi connectivity index (χ0) is 24.5. The number of anilines is 1. The van der Waals surface area contributed by atoms with Gasteiger partial charge >= 0.3 is 0 Å². The number of halogens is 3. The molecule has 0 radical (unpaired) electrons. The Bertz CT molecular complexity index is 1560. The number of aryl methyl sites for hydroxylation is 1. The second kappa shape index (κ2) is 9.34. The summed E-state index contributed by atoms with van der Waals surface area (Å²) in [5, 5.41) is 0.457. The number of rotatable bonds is 7. The maximum absolute atomic E-state index is 15.3. The predicted molar refractivity (Wildman–Crippen MR) is 131 cm³/mol. The van der Waals surface area contributed by atoms with Gasteiger partial charge in [0.15, 0.2) is 5.82 Å². The highest BCUT2D eigenvalue weighted by Crippen LogP contribution is 2.31. The van der Waals surface area contributed by atoms with Crippen molar-refractivity contribution in [3.8, 4) is 11.1 Å². The number of benzene rings is 2. The molecule has 176 valence electrons. The van der Waals surface area contributed by atoms with Crippen LogP contribution >= 0.6 is 11.9 Å². The molecule has 0 saturated heterocycles. The number of H-pyrrole nitrogens is 2. The van der Waals surface area contributed by atoms with E-state index in [0.717, 1.165) is 41.3 Å². The number of hydrogen-bond donors (Lipinski definition) is 3. The van der Waals surface area contributed by atoms with Crippen LogP contribution in [0.5, 0.6) is 0 Å². The van der Waals surface area contributed by atoms with E-state index in [1.54, 1.807) is 18.3 Å². The molecular weight excluding hydrogens is 473 g/mol. The Labute approximate surface area is 202 Å². The van der Waals surface area contributed by atoms with Crippen LogP contribution in [0.15, 0.2) is 72.0 Å². The van der Waals surface area contributed by atoms with Gasteiger partial charge in [0.1, 0.15) is 17.3 Å². The molecule has 35 heavy (non-hydrogen) atoms. The van der Waals surface area contributed by atoms with E-state index in [0.29, 0.717) is 15.9 Å². The van der Waals surface area contributed by atoms with Crippen LogP contribution in [0.2, 0.25) is 0 Å². The Balaban J connectivity index is 1.49. The Morgan fingerprint density at radius 3 is 2.66 bits per heavy atom. The molecule has 0 aliphatic heterocycles. The summed E-state index contributed by atoms with van der Waals surface area (Å²) in [6.45, 7) is 2.03. The highest BCUT2D eigenvalue weighted by atomic mass is 32.2. The van der Waals surface area contributed by atoms with Crippen molar-refractivity contribution in [3.63, 3.8) is 0 Å². The van der Waals surface area contributed by atoms with E-state index >= 15 is 4.39 Å². The summed E-state index contributed by atoms with van der Waals surface area (Å²) >= 11 is 0.949. The van der Waals surface area contributed by atoms with Crippen LogP contribution in [-0.4, -0.2) is 20.7 Å². The fraction of sp³-hybridized carbons (Fsp3) is 0.0769. The average molecular weight is 493 g/mol. The lowest BCUT2D eigenvalue weighted by Crippen LogP contribution is -2.09. The first kappa shape index (κ1) is 22.8. The lowest BCUT2D eigenvalue weighted by atomic mass is 10.0. The molecule has 3 aromatic heterocycles. The van der Waals surface area contributed by atoms with E-state index in [4.69, 9.17) is 0 Å². The van der Waals surface area contributed by atoms with Crippen LogP contribution in [-0.2, 0) is 6.42 Å². The highest BCUT2D eigenvalue weighted by Gasteiger charge is 2.25. The van der Waals surface area contributed by atoms with Crippen LogP contribution in [0.25, 0.3) is 22.2 Å². The minimum absolute atomic E-state index is 0.0953. The maximum Gasteiger partial charge on any atom is 0.201 e. The van der Waals surface area contributed by atoms with Crippen LogP contribution in [0, 0.1) is 17.5 Å². The van der Waals surface area contributed by atoms with E-state index < -0.39 is 28.8 Å². The number of pyridine rings is 1. The van der Waals surface area contributed by atoms with Crippen LogP contribution in [0.3, 0.4) is 0 Å². The zero-order valence-electron chi connectivity index (χ0n) is 18.5. The molecule has 5 aromatic rings. The number of carbonyl (C=O) groups excluding carboxylic acids is 1. The minimum Gasteiger partial charge on any atom is -0.364 e. The maximum atomic E-state index is 15.3. The Hall–Kier alpha value is -3.98. The number of hydrogen-bond acceptors (Lipinski definition) is 4. The molecular formula is C26H19F3N4OS. The summed E-state index contributed by atoms with van der Waals surface area (Å²) in [7, 11) is 0. The monoisotopic (exact) mass is 492 g/mol. The zero-order valence-corrected chi connectivity index (χ0v) is 19.3. The molecule has 0 saturated carbocycles. The molecule has 2 aromatic carbocycles. The smallest absolute Gasteiger partial charge is 0.201 e. The molecule has 0 aliphatic rings. The van der Waals surface area contributed by atoms with Gasteiger partial charge in [-0.2, -0.15) is 0 Å². The molecule has 3 N–H and O–H groups in total. The molecule has 0 amide bonds. The molecule has 5 nitrogen and oxygen atoms in total. The molecule has 0 atom stereocenters. The first-order valence-corrected chi connectivity index (χ1v) is 11.6. The van der Waals surface area contributed by atoms with E-state index in [2.05, 4.69) is 19.7 Å². The quantitative estimate of drug-likeness (QED) is 0.171. The summed E-state index contributed by atoms with van der Waals surface area (Å²) in [5.41, 5.74) is 2.47. The van der Waals surface area contributed by atoms with Gasteiger partial charge in [-0.15, -0.1) is 0 Å². The Kier molecular flexibility index (Phi) is 6.08. The SMILES string of the molecule is CCc1cc(-c2cnc3[nH]cc(C(=O)c4c(F)ccc(NSc5cccc(F)c5)c4F)c3c2)c[nH]1. The van der Waals surface area contributed by atoms with Gasteiger partial charge in [0.05, 0.1) is 11.3 Å². The van der Waals surface area contributed by atoms with Crippen molar-refractivity contribution in [3.05, 3.63) is 101 Å². The first-order valence-electron chi connectivity index (χ1n) is 10.8. The van der Waals surface area contributed by atoms with Gasteiger partial charge in [-0.1, -0.05) is 13.0 Å². The van der Waals surface area contributed by atoms with Gasteiger partial charge in [-0.3, -0.25) is 4.79 Å². The normalized spacial score (nSPS) is 11.2. The standard InChI is InChI=1S/C26H19F3N4OS/c1-2-17-8-14(11-30-17)15-9-19-20(13-32-26(19)31-12-15)25(34)23-21(28)6-7-22(24(23)29)33-35-18-5-3-4-16(27)10-18/h3-13,30,33H,2H2,1H3,(H,31,32). The minimum atomic E-state index is -1.03. The van der Waals surface area contributed by atoms with Gasteiger partial charge < -0.3 is 14.7 Å². The van der Waals surface area contributed by atoms with Gasteiger partial charge in [0, 0.05) is 51.3 Å². The average Bonchev–Trinajstić information content (AvgIpc) is 3.50. The second-order valence-electron chi connectivity index (χ2n) is 7.86. The van der Waals surface area contributed by atoms with Crippen molar-refractivity contribution >= 4 is 34.5 Å². The van der Waals surface area contributed by atoms with Gasteiger partial charge in [-0.05, 0) is 60.8 Å². The number of aromatic nitrogens is 3. The second-order valence-corrected chi connectivity index (χ2v) is 8.74. The lowest BCUT2D eigenvalue weighted by Gasteiger charge is -2.11. The molecule has 5 rings (SSSR count). The third-order valence-electron chi connectivity index (χ3n) is 5.63. The summed E-state index contributed by atoms with van der Waals surface area (Å²) in [6, 6.07) is 11.7. The van der Waals surface area contributed by atoms with E-state index in [9.17, 15) is 13.6 Å². The largest absolute Gasteiger partial charge is 0.364 e. The van der Waals surface area contributed by atoms with Crippen LogP contribution < -0.4 is 4.72 Å².